The zero-order valence-electron chi connectivity index (χ0n) is 22.2. The van der Waals surface area contributed by atoms with Crippen molar-refractivity contribution in [3.8, 4) is 0 Å². The van der Waals surface area contributed by atoms with Crippen molar-refractivity contribution < 1.29 is 9.90 Å². The number of piperazine rings is 1. The standard InChI is InChI=1S/C30H33N5O3/c1-19-16-25(22(4)31-26-13-9-8-12-24(26)30(37)38)28-32-27(21(3)29(36)35(28)17-19)34-15-14-33(18-20(34)2)23-10-6-5-7-11-23/h5-13,16-17,20,22,31H,14-15,18H2,1-4H3,(H,37,38)/t20?,22-/m1/s1. The Bertz CT molecular complexity index is 1550. The van der Waals surface area contributed by atoms with Gasteiger partial charge in [-0.3, -0.25) is 9.20 Å². The van der Waals surface area contributed by atoms with Crippen LogP contribution in [0.1, 0.15) is 46.9 Å². The van der Waals surface area contributed by atoms with Crippen LogP contribution in [0.2, 0.25) is 0 Å². The maximum absolute atomic E-state index is 13.6. The average Bonchev–Trinajstić information content (AvgIpc) is 2.91. The lowest BCUT2D eigenvalue weighted by atomic mass is 10.1. The maximum Gasteiger partial charge on any atom is 0.337 e. The predicted octanol–water partition coefficient (Wildman–Crippen LogP) is 4.90. The number of anilines is 3. The van der Waals surface area contributed by atoms with E-state index in [2.05, 4.69) is 46.3 Å². The molecule has 4 aromatic rings. The summed E-state index contributed by atoms with van der Waals surface area (Å²) in [4.78, 5) is 35.0. The minimum atomic E-state index is -0.995. The molecule has 1 saturated heterocycles. The van der Waals surface area contributed by atoms with Gasteiger partial charge in [-0.1, -0.05) is 30.3 Å². The number of benzene rings is 2. The third kappa shape index (κ3) is 4.69. The third-order valence-corrected chi connectivity index (χ3v) is 7.31. The molecule has 1 aliphatic heterocycles. The van der Waals surface area contributed by atoms with Crippen LogP contribution in [0.4, 0.5) is 17.2 Å². The first-order valence-corrected chi connectivity index (χ1v) is 12.9. The van der Waals surface area contributed by atoms with E-state index in [-0.39, 0.29) is 23.2 Å². The SMILES string of the molecule is Cc1cc([C@@H](C)Nc2ccccc2C(=O)O)c2nc(N3CCN(c4ccccc4)CC3C)c(C)c(=O)n2c1. The molecule has 3 heterocycles. The quantitative estimate of drug-likeness (QED) is 0.381. The first-order valence-electron chi connectivity index (χ1n) is 12.9. The van der Waals surface area contributed by atoms with E-state index in [0.29, 0.717) is 22.7 Å². The molecular formula is C30H33N5O3. The van der Waals surface area contributed by atoms with E-state index in [4.69, 9.17) is 4.98 Å². The molecule has 0 saturated carbocycles. The Morgan fingerprint density at radius 3 is 2.50 bits per heavy atom. The van der Waals surface area contributed by atoms with Gasteiger partial charge in [0.2, 0.25) is 0 Å². The van der Waals surface area contributed by atoms with Gasteiger partial charge < -0.3 is 20.2 Å². The summed E-state index contributed by atoms with van der Waals surface area (Å²) in [7, 11) is 0. The topological polar surface area (TPSA) is 90.2 Å². The van der Waals surface area contributed by atoms with Gasteiger partial charge in [0.1, 0.15) is 11.5 Å². The van der Waals surface area contributed by atoms with Gasteiger partial charge in [-0.2, -0.15) is 0 Å². The molecule has 0 amide bonds. The van der Waals surface area contributed by atoms with Gasteiger partial charge >= 0.3 is 5.97 Å². The Morgan fingerprint density at radius 2 is 1.79 bits per heavy atom. The molecule has 2 aromatic heterocycles. The van der Waals surface area contributed by atoms with E-state index in [0.717, 1.165) is 30.8 Å². The fourth-order valence-electron chi connectivity index (χ4n) is 5.34. The second-order valence-electron chi connectivity index (χ2n) is 10.1. The number of para-hydroxylation sites is 2. The summed E-state index contributed by atoms with van der Waals surface area (Å²) in [5, 5.41) is 13.0. The molecule has 2 N–H and O–H groups in total. The van der Waals surface area contributed by atoms with Crippen LogP contribution >= 0.6 is 0 Å². The molecule has 5 rings (SSSR count). The number of rotatable bonds is 6. The molecule has 2 aromatic carbocycles. The smallest absolute Gasteiger partial charge is 0.337 e. The molecule has 0 radical (unpaired) electrons. The highest BCUT2D eigenvalue weighted by Gasteiger charge is 2.28. The van der Waals surface area contributed by atoms with E-state index in [1.165, 1.54) is 5.69 Å². The van der Waals surface area contributed by atoms with Crippen molar-refractivity contribution in [3.63, 3.8) is 0 Å². The van der Waals surface area contributed by atoms with Gasteiger partial charge in [-0.25, -0.2) is 9.78 Å². The molecule has 38 heavy (non-hydrogen) atoms. The highest BCUT2D eigenvalue weighted by atomic mass is 16.4. The zero-order valence-corrected chi connectivity index (χ0v) is 22.2. The van der Waals surface area contributed by atoms with Crippen LogP contribution < -0.4 is 20.7 Å². The van der Waals surface area contributed by atoms with Crippen LogP contribution in [0.3, 0.4) is 0 Å². The Morgan fingerprint density at radius 1 is 1.08 bits per heavy atom. The Labute approximate surface area is 222 Å². The average molecular weight is 512 g/mol. The summed E-state index contributed by atoms with van der Waals surface area (Å²) >= 11 is 0. The van der Waals surface area contributed by atoms with Crippen LogP contribution in [0.5, 0.6) is 0 Å². The largest absolute Gasteiger partial charge is 0.478 e. The fraction of sp³-hybridized carbons (Fsp3) is 0.300. The second kappa shape index (κ2) is 10.2. The van der Waals surface area contributed by atoms with Crippen molar-refractivity contribution in [2.45, 2.75) is 39.8 Å². The normalized spacial score (nSPS) is 16.5. The molecule has 8 nitrogen and oxygen atoms in total. The van der Waals surface area contributed by atoms with Crippen LogP contribution in [0, 0.1) is 13.8 Å². The van der Waals surface area contributed by atoms with E-state index in [1.54, 1.807) is 28.7 Å². The lowest BCUT2D eigenvalue weighted by Crippen LogP contribution is -2.53. The van der Waals surface area contributed by atoms with Gasteiger partial charge in [0, 0.05) is 48.8 Å². The van der Waals surface area contributed by atoms with Crippen LogP contribution in [0.15, 0.2) is 71.7 Å². The van der Waals surface area contributed by atoms with Crippen molar-refractivity contribution in [3.05, 3.63) is 99.5 Å². The van der Waals surface area contributed by atoms with Gasteiger partial charge in [-0.05, 0) is 63.6 Å². The van der Waals surface area contributed by atoms with E-state index >= 15 is 0 Å². The Hall–Kier alpha value is -4.33. The number of aromatic nitrogens is 2. The van der Waals surface area contributed by atoms with Crippen molar-refractivity contribution >= 4 is 28.8 Å². The number of nitrogens with one attached hydrogen (secondary N) is 1. The van der Waals surface area contributed by atoms with E-state index in [9.17, 15) is 14.7 Å². The van der Waals surface area contributed by atoms with Crippen molar-refractivity contribution in [2.75, 3.05) is 34.8 Å². The number of fused-ring (bicyclic) bond motifs is 1. The summed E-state index contributed by atoms with van der Waals surface area (Å²) in [6, 6.07) is 19.1. The fourth-order valence-corrected chi connectivity index (χ4v) is 5.34. The second-order valence-corrected chi connectivity index (χ2v) is 10.1. The molecule has 2 atom stereocenters. The molecule has 196 valence electrons. The van der Waals surface area contributed by atoms with Gasteiger partial charge in [0.25, 0.3) is 5.56 Å². The zero-order chi connectivity index (χ0) is 27.0. The first-order chi connectivity index (χ1) is 18.2. The number of carboxylic acid groups (broad SMARTS) is 1. The first kappa shape index (κ1) is 25.3. The number of carbonyl (C=O) groups is 1. The molecule has 0 spiro atoms. The third-order valence-electron chi connectivity index (χ3n) is 7.31. The Balaban J connectivity index is 1.53. The number of aromatic carboxylic acids is 1. The lowest BCUT2D eigenvalue weighted by molar-refractivity contribution is 0.0698. The molecule has 1 fully saturated rings. The lowest BCUT2D eigenvalue weighted by Gasteiger charge is -2.42. The van der Waals surface area contributed by atoms with Crippen molar-refractivity contribution in [2.24, 2.45) is 0 Å². The van der Waals surface area contributed by atoms with Crippen LogP contribution in [-0.4, -0.2) is 46.1 Å². The predicted molar refractivity (Wildman–Crippen MR) is 152 cm³/mol. The monoisotopic (exact) mass is 511 g/mol. The number of nitrogens with zero attached hydrogens (tertiary/aromatic N) is 4. The molecular weight excluding hydrogens is 478 g/mol. The maximum atomic E-state index is 13.6. The van der Waals surface area contributed by atoms with Crippen molar-refractivity contribution in [1.82, 2.24) is 9.38 Å². The van der Waals surface area contributed by atoms with Crippen LogP contribution in [0.25, 0.3) is 5.65 Å². The number of carboxylic acids is 1. The number of aryl methyl sites for hydroxylation is 1. The molecule has 1 unspecified atom stereocenters. The summed E-state index contributed by atoms with van der Waals surface area (Å²) in [5.41, 5.74) is 4.78. The van der Waals surface area contributed by atoms with Gasteiger partial charge in [-0.15, -0.1) is 0 Å². The van der Waals surface area contributed by atoms with Crippen LogP contribution in [-0.2, 0) is 0 Å². The molecule has 1 aliphatic rings. The minimum Gasteiger partial charge on any atom is -0.478 e. The van der Waals surface area contributed by atoms with E-state index < -0.39 is 5.97 Å². The molecule has 8 heteroatoms. The van der Waals surface area contributed by atoms with Gasteiger partial charge in [0.05, 0.1) is 17.2 Å². The number of hydrogen-bond donors (Lipinski definition) is 2. The van der Waals surface area contributed by atoms with Gasteiger partial charge in [0.15, 0.2) is 0 Å². The minimum absolute atomic E-state index is 0.0919. The number of pyridine rings is 1. The summed E-state index contributed by atoms with van der Waals surface area (Å²) in [6.45, 7) is 10.3. The number of hydrogen-bond acceptors (Lipinski definition) is 6. The van der Waals surface area contributed by atoms with E-state index in [1.807, 2.05) is 39.1 Å². The Kier molecular flexibility index (Phi) is 6.80. The summed E-state index contributed by atoms with van der Waals surface area (Å²) in [5.74, 6) is -0.288. The summed E-state index contributed by atoms with van der Waals surface area (Å²) < 4.78 is 1.62. The van der Waals surface area contributed by atoms with Crippen molar-refractivity contribution in [1.29, 1.82) is 0 Å². The molecule has 0 aliphatic carbocycles. The highest BCUT2D eigenvalue weighted by Crippen LogP contribution is 2.29. The molecule has 0 bridgehead atoms. The highest BCUT2D eigenvalue weighted by molar-refractivity contribution is 5.94. The summed E-state index contributed by atoms with van der Waals surface area (Å²) in [6.07, 6.45) is 1.82.